The second-order valence-corrected chi connectivity index (χ2v) is 5.34. The normalized spacial score (nSPS) is 11.6. The van der Waals surface area contributed by atoms with Crippen molar-refractivity contribution < 1.29 is 23.9 Å². The second-order valence-electron chi connectivity index (χ2n) is 5.34. The molecule has 0 spiro atoms. The molecule has 0 bridgehead atoms. The molecule has 0 aliphatic heterocycles. The molecule has 0 heterocycles. The van der Waals surface area contributed by atoms with Gasteiger partial charge in [-0.3, -0.25) is 10.1 Å². The number of methoxy groups -OCH3 is 1. The van der Waals surface area contributed by atoms with Crippen LogP contribution < -0.4 is 4.74 Å². The molecule has 0 aromatic heterocycles. The Morgan fingerprint density at radius 1 is 1.12 bits per heavy atom. The molecule has 0 aliphatic carbocycles. The minimum atomic E-state index is -0.759. The summed E-state index contributed by atoms with van der Waals surface area (Å²) in [6.45, 7) is 1.79. The maximum Gasteiger partial charge on any atom is 0.335 e. The van der Waals surface area contributed by atoms with Crippen molar-refractivity contribution in [1.82, 2.24) is 0 Å². The Labute approximate surface area is 145 Å². The Morgan fingerprint density at radius 3 is 2.48 bits per heavy atom. The van der Waals surface area contributed by atoms with Crippen LogP contribution in [0.25, 0.3) is 0 Å². The largest absolute Gasteiger partial charge is 0.497 e. The first-order chi connectivity index (χ1) is 12.0. The predicted molar refractivity (Wildman–Crippen MR) is 90.1 cm³/mol. The number of esters is 1. The third-order valence-electron chi connectivity index (χ3n) is 3.47. The minimum absolute atomic E-state index is 0.0455. The van der Waals surface area contributed by atoms with Crippen molar-refractivity contribution in [2.45, 2.75) is 26.2 Å². The van der Waals surface area contributed by atoms with Gasteiger partial charge in [0.1, 0.15) is 12.4 Å². The van der Waals surface area contributed by atoms with Crippen LogP contribution in [0.15, 0.2) is 48.5 Å². The van der Waals surface area contributed by atoms with Gasteiger partial charge in [-0.15, -0.1) is 0 Å². The first kappa shape index (κ1) is 18.4. The Hall–Kier alpha value is -2.93. The van der Waals surface area contributed by atoms with E-state index in [9.17, 15) is 14.9 Å². The van der Waals surface area contributed by atoms with Gasteiger partial charge in [-0.1, -0.05) is 24.3 Å². The molecular formula is C18H19NO6. The summed E-state index contributed by atoms with van der Waals surface area (Å²) in [5.41, 5.74) is 1.37. The van der Waals surface area contributed by atoms with Gasteiger partial charge in [-0.2, -0.15) is 0 Å². The summed E-state index contributed by atoms with van der Waals surface area (Å²) in [6.07, 6.45) is -0.759. The van der Waals surface area contributed by atoms with E-state index in [1.165, 1.54) is 12.1 Å². The Kier molecular flexibility index (Phi) is 6.47. The lowest BCUT2D eigenvalue weighted by Crippen LogP contribution is -2.23. The van der Waals surface area contributed by atoms with Gasteiger partial charge in [-0.05, 0) is 30.2 Å². The van der Waals surface area contributed by atoms with Crippen LogP contribution in [0.3, 0.4) is 0 Å². The van der Waals surface area contributed by atoms with Crippen LogP contribution in [-0.4, -0.2) is 24.1 Å². The first-order valence-corrected chi connectivity index (χ1v) is 7.64. The summed E-state index contributed by atoms with van der Waals surface area (Å²) in [6, 6.07) is 13.3. The maximum absolute atomic E-state index is 12.0. The quantitative estimate of drug-likeness (QED) is 0.414. The molecule has 0 saturated carbocycles. The number of hydrogen-bond acceptors (Lipinski definition) is 6. The predicted octanol–water partition coefficient (Wildman–Crippen LogP) is 3.25. The van der Waals surface area contributed by atoms with Crippen LogP contribution >= 0.6 is 0 Å². The van der Waals surface area contributed by atoms with Crippen LogP contribution in [0.2, 0.25) is 0 Å². The highest BCUT2D eigenvalue weighted by atomic mass is 16.6. The topological polar surface area (TPSA) is 87.9 Å². The Bertz CT molecular complexity index is 746. The van der Waals surface area contributed by atoms with Crippen molar-refractivity contribution >= 4 is 11.7 Å². The first-order valence-electron chi connectivity index (χ1n) is 7.64. The highest BCUT2D eigenvalue weighted by molar-refractivity contribution is 5.74. The van der Waals surface area contributed by atoms with E-state index in [1.54, 1.807) is 26.2 Å². The van der Waals surface area contributed by atoms with Gasteiger partial charge in [0.25, 0.3) is 5.69 Å². The third kappa shape index (κ3) is 5.58. The number of nitro groups is 1. The highest BCUT2D eigenvalue weighted by Crippen LogP contribution is 2.16. The fourth-order valence-corrected chi connectivity index (χ4v) is 2.08. The SMILES string of the molecule is COc1cccc(COC(C)C(=O)OCc2cccc([N+](=O)[O-])c2)c1. The van der Waals surface area contributed by atoms with Crippen molar-refractivity contribution in [3.05, 3.63) is 69.8 Å². The van der Waals surface area contributed by atoms with E-state index in [2.05, 4.69) is 0 Å². The number of carbonyl (C=O) groups is 1. The number of benzene rings is 2. The Balaban J connectivity index is 1.83. The lowest BCUT2D eigenvalue weighted by molar-refractivity contribution is -0.384. The summed E-state index contributed by atoms with van der Waals surface area (Å²) in [5.74, 6) is 0.177. The van der Waals surface area contributed by atoms with Crippen molar-refractivity contribution in [1.29, 1.82) is 0 Å². The molecule has 0 N–H and O–H groups in total. The van der Waals surface area contributed by atoms with E-state index in [-0.39, 0.29) is 18.9 Å². The van der Waals surface area contributed by atoms with E-state index < -0.39 is 17.0 Å². The fraction of sp³-hybridized carbons (Fsp3) is 0.278. The van der Waals surface area contributed by atoms with Crippen LogP contribution in [-0.2, 0) is 27.5 Å². The lowest BCUT2D eigenvalue weighted by atomic mass is 10.2. The molecule has 0 saturated heterocycles. The summed E-state index contributed by atoms with van der Waals surface area (Å²) in [5, 5.41) is 10.7. The molecule has 132 valence electrons. The van der Waals surface area contributed by atoms with E-state index in [0.717, 1.165) is 5.56 Å². The summed E-state index contributed by atoms with van der Waals surface area (Å²) in [4.78, 5) is 22.2. The van der Waals surface area contributed by atoms with Crippen molar-refractivity contribution in [2.75, 3.05) is 7.11 Å². The van der Waals surface area contributed by atoms with Gasteiger partial charge < -0.3 is 14.2 Å². The number of nitrogens with zero attached hydrogens (tertiary/aromatic N) is 1. The zero-order chi connectivity index (χ0) is 18.2. The molecule has 0 aliphatic rings. The molecular weight excluding hydrogens is 326 g/mol. The van der Waals surface area contributed by atoms with Gasteiger partial charge >= 0.3 is 5.97 Å². The second kappa shape index (κ2) is 8.79. The average molecular weight is 345 g/mol. The zero-order valence-electron chi connectivity index (χ0n) is 14.0. The van der Waals surface area contributed by atoms with Crippen molar-refractivity contribution in [2.24, 2.45) is 0 Å². The molecule has 1 atom stereocenters. The Morgan fingerprint density at radius 2 is 1.80 bits per heavy atom. The monoisotopic (exact) mass is 345 g/mol. The molecule has 1 unspecified atom stereocenters. The molecule has 7 nitrogen and oxygen atoms in total. The maximum atomic E-state index is 12.0. The van der Waals surface area contributed by atoms with Crippen molar-refractivity contribution in [3.63, 3.8) is 0 Å². The molecule has 2 aromatic carbocycles. The highest BCUT2D eigenvalue weighted by Gasteiger charge is 2.16. The molecule has 2 rings (SSSR count). The lowest BCUT2D eigenvalue weighted by Gasteiger charge is -2.13. The number of carbonyl (C=O) groups excluding carboxylic acids is 1. The van der Waals surface area contributed by atoms with E-state index in [1.807, 2.05) is 24.3 Å². The van der Waals surface area contributed by atoms with E-state index in [0.29, 0.717) is 11.3 Å². The van der Waals surface area contributed by atoms with Crippen molar-refractivity contribution in [3.8, 4) is 5.75 Å². The minimum Gasteiger partial charge on any atom is -0.497 e. The number of nitro benzene ring substituents is 1. The summed E-state index contributed by atoms with van der Waals surface area (Å²) in [7, 11) is 1.58. The smallest absolute Gasteiger partial charge is 0.335 e. The number of rotatable bonds is 8. The van der Waals surface area contributed by atoms with Crippen LogP contribution in [0, 0.1) is 10.1 Å². The van der Waals surface area contributed by atoms with Gasteiger partial charge in [0.05, 0.1) is 18.6 Å². The fourth-order valence-electron chi connectivity index (χ4n) is 2.08. The number of hydrogen-bond donors (Lipinski definition) is 0. The number of ether oxygens (including phenoxy) is 3. The average Bonchev–Trinajstić information content (AvgIpc) is 2.64. The molecule has 7 heteroatoms. The zero-order valence-corrected chi connectivity index (χ0v) is 14.0. The summed E-state index contributed by atoms with van der Waals surface area (Å²) >= 11 is 0. The van der Waals surface area contributed by atoms with Gasteiger partial charge in [0.2, 0.25) is 0 Å². The molecule has 0 fully saturated rings. The van der Waals surface area contributed by atoms with E-state index >= 15 is 0 Å². The third-order valence-corrected chi connectivity index (χ3v) is 3.47. The van der Waals surface area contributed by atoms with Gasteiger partial charge in [-0.25, -0.2) is 4.79 Å². The van der Waals surface area contributed by atoms with Gasteiger partial charge in [0.15, 0.2) is 6.10 Å². The summed E-state index contributed by atoms with van der Waals surface area (Å²) < 4.78 is 15.8. The van der Waals surface area contributed by atoms with Crippen LogP contribution in [0.4, 0.5) is 5.69 Å². The van der Waals surface area contributed by atoms with Crippen LogP contribution in [0.1, 0.15) is 18.1 Å². The molecule has 0 radical (unpaired) electrons. The van der Waals surface area contributed by atoms with Crippen LogP contribution in [0.5, 0.6) is 5.75 Å². The standard InChI is InChI=1S/C18H19NO6/c1-13(24-11-15-6-4-8-17(10-15)23-2)18(20)25-12-14-5-3-7-16(9-14)19(21)22/h3-10,13H,11-12H2,1-2H3. The molecule has 25 heavy (non-hydrogen) atoms. The van der Waals surface area contributed by atoms with E-state index in [4.69, 9.17) is 14.2 Å². The molecule has 0 amide bonds. The molecule has 2 aromatic rings. The number of non-ortho nitro benzene ring substituents is 1. The van der Waals surface area contributed by atoms with Gasteiger partial charge in [0, 0.05) is 12.1 Å².